The van der Waals surface area contributed by atoms with Crippen molar-refractivity contribution in [2.45, 2.75) is 38.6 Å². The van der Waals surface area contributed by atoms with Crippen LogP contribution in [0.1, 0.15) is 38.2 Å². The Bertz CT molecular complexity index is 636. The Morgan fingerprint density at radius 1 is 1.04 bits per heavy atom. The Balaban J connectivity index is 0.00000192. The minimum atomic E-state index is 0. The first-order valence-corrected chi connectivity index (χ1v) is 7.83. The maximum atomic E-state index is 5.48. The molecular weight excluding hydrogens is 458 g/mol. The van der Waals surface area contributed by atoms with E-state index in [0.29, 0.717) is 0 Å². The summed E-state index contributed by atoms with van der Waals surface area (Å²) in [7, 11) is 1.69. The van der Waals surface area contributed by atoms with Crippen molar-refractivity contribution in [3.05, 3.63) is 53.5 Å². The molecule has 0 radical (unpaired) electrons. The summed E-state index contributed by atoms with van der Waals surface area (Å²) in [5.41, 5.74) is 7.69. The molecule has 122 valence electrons. The maximum absolute atomic E-state index is 5.48. The molecule has 1 saturated carbocycles. The normalized spacial score (nSPS) is 13.6. The van der Waals surface area contributed by atoms with Gasteiger partial charge in [-0.25, -0.2) is 0 Å². The van der Waals surface area contributed by atoms with Crippen molar-refractivity contribution in [1.29, 1.82) is 0 Å². The average Bonchev–Trinajstić information content (AvgIpc) is 3.38. The molecule has 1 aliphatic rings. The summed E-state index contributed by atoms with van der Waals surface area (Å²) < 4.78 is 5.48. The number of hydrogen-bond donors (Lipinski definition) is 0. The van der Waals surface area contributed by atoms with Crippen LogP contribution in [-0.2, 0) is 21.1 Å². The second-order valence-corrected chi connectivity index (χ2v) is 6.05. The van der Waals surface area contributed by atoms with Gasteiger partial charge < -0.3 is 15.1 Å². The fraction of sp³-hybridized carbons (Fsp3) is 0.368. The summed E-state index contributed by atoms with van der Waals surface area (Å²) in [5, 5.41) is 0. The van der Waals surface area contributed by atoms with E-state index in [4.69, 9.17) is 9.57 Å². The minimum Gasteiger partial charge on any atom is -0.587 e. The van der Waals surface area contributed by atoms with Gasteiger partial charge in [0, 0.05) is 26.6 Å². The zero-order valence-electron chi connectivity index (χ0n) is 13.8. The molecule has 0 unspecified atom stereocenters. The van der Waals surface area contributed by atoms with Crippen molar-refractivity contribution in [3.63, 3.8) is 0 Å². The van der Waals surface area contributed by atoms with Gasteiger partial charge in [0.1, 0.15) is 11.5 Å². The Morgan fingerprint density at radius 2 is 1.74 bits per heavy atom. The number of benzene rings is 2. The number of hydroxylamine groups is 1. The fourth-order valence-corrected chi connectivity index (χ4v) is 2.49. The second-order valence-electron chi connectivity index (χ2n) is 6.05. The van der Waals surface area contributed by atoms with Crippen LogP contribution >= 0.6 is 0 Å². The number of nitrogens with zero attached hydrogens (tertiary/aromatic N) is 1. The largest absolute Gasteiger partial charge is 0.587 e. The van der Waals surface area contributed by atoms with Crippen LogP contribution in [0.4, 0.5) is 0 Å². The standard InChI is InChI=1S/C19H22NO2.W/c1-13(2)20-22-17-10-11-19(21-3)18(12-17)16-8-6-15(7-9-16)14-4-5-14;/h6-14H,4-5H2,1-3H3;/q-1;. The number of hydrogen-bond acceptors (Lipinski definition) is 2. The van der Waals surface area contributed by atoms with E-state index >= 15 is 0 Å². The molecule has 0 N–H and O–H groups in total. The van der Waals surface area contributed by atoms with Gasteiger partial charge in [-0.2, -0.15) is 0 Å². The molecule has 0 heterocycles. The maximum Gasteiger partial charge on any atom is 0.126 e. The van der Waals surface area contributed by atoms with Crippen LogP contribution in [0.15, 0.2) is 42.5 Å². The third-order valence-electron chi connectivity index (χ3n) is 3.81. The Labute approximate surface area is 152 Å². The molecule has 23 heavy (non-hydrogen) atoms. The molecule has 0 saturated heterocycles. The van der Waals surface area contributed by atoms with Crippen LogP contribution in [0.25, 0.3) is 16.6 Å². The summed E-state index contributed by atoms with van der Waals surface area (Å²) in [6.07, 6.45) is 2.64. The van der Waals surface area contributed by atoms with Gasteiger partial charge >= 0.3 is 0 Å². The van der Waals surface area contributed by atoms with Gasteiger partial charge in [-0.15, -0.1) is 6.04 Å². The van der Waals surface area contributed by atoms with Gasteiger partial charge in [0.2, 0.25) is 0 Å². The van der Waals surface area contributed by atoms with Gasteiger partial charge in [0.25, 0.3) is 0 Å². The molecule has 2 aromatic rings. The van der Waals surface area contributed by atoms with Crippen LogP contribution < -0.4 is 9.57 Å². The van der Waals surface area contributed by atoms with Gasteiger partial charge in [-0.1, -0.05) is 38.1 Å². The smallest absolute Gasteiger partial charge is 0.126 e. The molecular formula is C19H22NO2W-. The van der Waals surface area contributed by atoms with E-state index in [9.17, 15) is 0 Å². The third kappa shape index (κ3) is 4.59. The van der Waals surface area contributed by atoms with E-state index in [1.807, 2.05) is 32.0 Å². The Morgan fingerprint density at radius 3 is 2.30 bits per heavy atom. The van der Waals surface area contributed by atoms with Crippen molar-refractivity contribution < 1.29 is 30.6 Å². The van der Waals surface area contributed by atoms with Crippen molar-refractivity contribution in [2.24, 2.45) is 0 Å². The van der Waals surface area contributed by atoms with Crippen molar-refractivity contribution in [1.82, 2.24) is 0 Å². The van der Waals surface area contributed by atoms with E-state index in [-0.39, 0.29) is 27.1 Å². The first-order chi connectivity index (χ1) is 10.7. The van der Waals surface area contributed by atoms with Crippen molar-refractivity contribution in [3.8, 4) is 22.6 Å². The average molecular weight is 480 g/mol. The van der Waals surface area contributed by atoms with Crippen LogP contribution in [0.2, 0.25) is 0 Å². The summed E-state index contributed by atoms with van der Waals surface area (Å²) in [6.45, 7) is 3.97. The molecule has 4 heteroatoms. The van der Waals surface area contributed by atoms with Crippen LogP contribution in [0.5, 0.6) is 11.5 Å². The molecule has 1 fully saturated rings. The van der Waals surface area contributed by atoms with Crippen LogP contribution in [-0.4, -0.2) is 13.2 Å². The molecule has 0 atom stereocenters. The number of rotatable bonds is 6. The summed E-state index contributed by atoms with van der Waals surface area (Å²) in [6, 6.07) is 14.7. The SMILES string of the molecule is COc1ccc(O[N-]C(C)C)cc1-c1ccc(C2CC2)cc1.[W]. The Hall–Kier alpha value is -1.31. The van der Waals surface area contributed by atoms with Gasteiger partial charge in [-0.05, 0) is 48.1 Å². The molecule has 0 spiro atoms. The predicted octanol–water partition coefficient (Wildman–Crippen LogP) is 5.31. The van der Waals surface area contributed by atoms with Crippen molar-refractivity contribution in [2.75, 3.05) is 7.11 Å². The molecule has 1 aliphatic carbocycles. The summed E-state index contributed by atoms with van der Waals surface area (Å²) >= 11 is 0. The van der Waals surface area contributed by atoms with E-state index in [2.05, 4.69) is 29.7 Å². The summed E-state index contributed by atoms with van der Waals surface area (Å²) in [5.74, 6) is 2.35. The minimum absolute atomic E-state index is 0. The van der Waals surface area contributed by atoms with Crippen molar-refractivity contribution >= 4 is 0 Å². The molecule has 2 aromatic carbocycles. The van der Waals surface area contributed by atoms with Gasteiger partial charge in [-0.3, -0.25) is 0 Å². The number of ether oxygens (including phenoxy) is 1. The Kier molecular flexibility index (Phi) is 6.26. The fourth-order valence-electron chi connectivity index (χ4n) is 2.49. The zero-order chi connectivity index (χ0) is 15.5. The molecule has 0 aliphatic heterocycles. The van der Waals surface area contributed by atoms with E-state index in [1.165, 1.54) is 18.4 Å². The third-order valence-corrected chi connectivity index (χ3v) is 3.81. The quantitative estimate of drug-likeness (QED) is 0.525. The predicted molar refractivity (Wildman–Crippen MR) is 89.5 cm³/mol. The molecule has 3 rings (SSSR count). The number of methoxy groups -OCH3 is 1. The molecule has 0 amide bonds. The second kappa shape index (κ2) is 7.99. The van der Waals surface area contributed by atoms with Crippen LogP contribution in [0.3, 0.4) is 0 Å². The summed E-state index contributed by atoms with van der Waals surface area (Å²) in [4.78, 5) is 5.47. The van der Waals surface area contributed by atoms with E-state index < -0.39 is 0 Å². The molecule has 3 nitrogen and oxygen atoms in total. The van der Waals surface area contributed by atoms with Gasteiger partial charge in [0.15, 0.2) is 0 Å². The van der Waals surface area contributed by atoms with E-state index in [1.54, 1.807) is 7.11 Å². The topological polar surface area (TPSA) is 32.6 Å². The van der Waals surface area contributed by atoms with Gasteiger partial charge in [0.05, 0.1) is 7.11 Å². The first-order valence-electron chi connectivity index (χ1n) is 7.83. The first kappa shape index (κ1) is 18.0. The zero-order valence-corrected chi connectivity index (χ0v) is 16.7. The molecule has 0 bridgehead atoms. The molecule has 0 aromatic heterocycles. The van der Waals surface area contributed by atoms with E-state index in [0.717, 1.165) is 28.5 Å². The van der Waals surface area contributed by atoms with Crippen LogP contribution in [0, 0.1) is 0 Å². The monoisotopic (exact) mass is 480 g/mol.